The van der Waals surface area contributed by atoms with E-state index in [-0.39, 0.29) is 16.3 Å². The minimum atomic E-state index is -0.723. The molecule has 0 aliphatic carbocycles. The van der Waals surface area contributed by atoms with E-state index in [1.54, 1.807) is 6.07 Å². The van der Waals surface area contributed by atoms with Crippen molar-refractivity contribution in [2.75, 3.05) is 25.6 Å². The van der Waals surface area contributed by atoms with Crippen LogP contribution in [0.1, 0.15) is 30.6 Å². The lowest BCUT2D eigenvalue weighted by molar-refractivity contribution is -0.119. The van der Waals surface area contributed by atoms with E-state index in [1.165, 1.54) is 31.4 Å². The van der Waals surface area contributed by atoms with Gasteiger partial charge in [-0.15, -0.1) is 0 Å². The summed E-state index contributed by atoms with van der Waals surface area (Å²) in [7, 11) is 1.47. The van der Waals surface area contributed by atoms with Crippen molar-refractivity contribution in [2.24, 2.45) is 5.92 Å². The molecule has 0 aromatic heterocycles. The van der Waals surface area contributed by atoms with E-state index in [4.69, 9.17) is 25.8 Å². The maximum Gasteiger partial charge on any atom is 0.338 e. The molecule has 6 nitrogen and oxygen atoms in total. The van der Waals surface area contributed by atoms with Crippen molar-refractivity contribution in [3.63, 3.8) is 0 Å². The van der Waals surface area contributed by atoms with Crippen molar-refractivity contribution >= 4 is 29.2 Å². The summed E-state index contributed by atoms with van der Waals surface area (Å²) in [6.07, 6.45) is 0.884. The van der Waals surface area contributed by atoms with Gasteiger partial charge in [0, 0.05) is 5.02 Å². The molecule has 0 bridgehead atoms. The number of esters is 1. The highest BCUT2D eigenvalue weighted by atomic mass is 35.5. The van der Waals surface area contributed by atoms with Crippen LogP contribution in [-0.2, 0) is 9.53 Å². The van der Waals surface area contributed by atoms with Crippen LogP contribution < -0.4 is 14.8 Å². The summed E-state index contributed by atoms with van der Waals surface area (Å²) in [4.78, 5) is 24.1. The standard InChI is InChI=1S/C21H23ClFNO5/c1-13(2)8-9-28-18-7-4-14(10-19(18)27-3)21(26)29-12-20(25)24-17-11-15(22)5-6-16(17)23/h4-7,10-11,13H,8-9,12H2,1-3H3,(H,24,25). The van der Waals surface area contributed by atoms with Crippen LogP contribution in [0.5, 0.6) is 11.5 Å². The van der Waals surface area contributed by atoms with E-state index in [2.05, 4.69) is 19.2 Å². The van der Waals surface area contributed by atoms with E-state index in [9.17, 15) is 14.0 Å². The Hall–Kier alpha value is -2.80. The van der Waals surface area contributed by atoms with E-state index in [0.29, 0.717) is 24.0 Å². The number of anilines is 1. The molecule has 0 saturated carbocycles. The number of benzene rings is 2. The van der Waals surface area contributed by atoms with Gasteiger partial charge in [-0.25, -0.2) is 9.18 Å². The fourth-order valence-corrected chi connectivity index (χ4v) is 2.48. The topological polar surface area (TPSA) is 73.9 Å². The van der Waals surface area contributed by atoms with E-state index in [0.717, 1.165) is 12.5 Å². The molecule has 2 aromatic carbocycles. The molecule has 1 amide bonds. The molecule has 0 spiro atoms. The number of halogens is 2. The Kier molecular flexibility index (Phi) is 8.27. The number of carbonyl (C=O) groups excluding carboxylic acids is 2. The third kappa shape index (κ3) is 6.94. The molecular formula is C21H23ClFNO5. The van der Waals surface area contributed by atoms with Gasteiger partial charge in [0.1, 0.15) is 5.82 Å². The maximum atomic E-state index is 13.6. The molecule has 1 N–H and O–H groups in total. The predicted molar refractivity (Wildman–Crippen MR) is 108 cm³/mol. The summed E-state index contributed by atoms with van der Waals surface area (Å²) in [5.41, 5.74) is 0.0999. The molecule has 0 unspecified atom stereocenters. The number of amides is 1. The van der Waals surface area contributed by atoms with Gasteiger partial charge in [0.25, 0.3) is 5.91 Å². The lowest BCUT2D eigenvalue weighted by Crippen LogP contribution is -2.21. The van der Waals surface area contributed by atoms with Crippen molar-refractivity contribution < 1.29 is 28.2 Å². The van der Waals surface area contributed by atoms with Crippen LogP contribution in [0.3, 0.4) is 0 Å². The van der Waals surface area contributed by atoms with Crippen LogP contribution in [0.25, 0.3) is 0 Å². The maximum absolute atomic E-state index is 13.6. The highest BCUT2D eigenvalue weighted by Crippen LogP contribution is 2.28. The van der Waals surface area contributed by atoms with Crippen molar-refractivity contribution in [3.8, 4) is 11.5 Å². The highest BCUT2D eigenvalue weighted by molar-refractivity contribution is 6.30. The number of rotatable bonds is 9. The lowest BCUT2D eigenvalue weighted by Gasteiger charge is -2.13. The first-order valence-electron chi connectivity index (χ1n) is 9.03. The Labute approximate surface area is 173 Å². The van der Waals surface area contributed by atoms with Gasteiger partial charge in [-0.1, -0.05) is 25.4 Å². The van der Waals surface area contributed by atoms with Gasteiger partial charge in [-0.2, -0.15) is 0 Å². The molecule has 29 heavy (non-hydrogen) atoms. The molecule has 0 atom stereocenters. The van der Waals surface area contributed by atoms with Gasteiger partial charge in [-0.05, 0) is 48.7 Å². The highest BCUT2D eigenvalue weighted by Gasteiger charge is 2.15. The number of ether oxygens (including phenoxy) is 3. The monoisotopic (exact) mass is 423 g/mol. The van der Waals surface area contributed by atoms with Gasteiger partial charge in [-0.3, -0.25) is 4.79 Å². The van der Waals surface area contributed by atoms with E-state index < -0.39 is 24.3 Å². The van der Waals surface area contributed by atoms with Gasteiger partial charge >= 0.3 is 5.97 Å². The molecule has 0 radical (unpaired) electrons. The lowest BCUT2D eigenvalue weighted by atomic mass is 10.1. The first kappa shape index (κ1) is 22.5. The zero-order valence-corrected chi connectivity index (χ0v) is 17.2. The van der Waals surface area contributed by atoms with Crippen LogP contribution in [0.2, 0.25) is 5.02 Å². The van der Waals surface area contributed by atoms with Crippen molar-refractivity contribution in [2.45, 2.75) is 20.3 Å². The average molecular weight is 424 g/mol. The Morgan fingerprint density at radius 1 is 1.14 bits per heavy atom. The summed E-state index contributed by atoms with van der Waals surface area (Å²) >= 11 is 5.77. The SMILES string of the molecule is COc1cc(C(=O)OCC(=O)Nc2cc(Cl)ccc2F)ccc1OCCC(C)C. The van der Waals surface area contributed by atoms with E-state index >= 15 is 0 Å². The van der Waals surface area contributed by atoms with Crippen LogP contribution in [0.15, 0.2) is 36.4 Å². The van der Waals surface area contributed by atoms with Crippen LogP contribution >= 0.6 is 11.6 Å². The largest absolute Gasteiger partial charge is 0.493 e. The minimum Gasteiger partial charge on any atom is -0.493 e. The Morgan fingerprint density at radius 3 is 2.59 bits per heavy atom. The number of hydrogen-bond acceptors (Lipinski definition) is 5. The fourth-order valence-electron chi connectivity index (χ4n) is 2.31. The molecule has 0 aliphatic heterocycles. The third-order valence-corrected chi connectivity index (χ3v) is 4.12. The second-order valence-corrected chi connectivity index (χ2v) is 7.08. The number of methoxy groups -OCH3 is 1. The average Bonchev–Trinajstić information content (AvgIpc) is 2.68. The second kappa shape index (κ2) is 10.7. The number of hydrogen-bond donors (Lipinski definition) is 1. The molecular weight excluding hydrogens is 401 g/mol. The zero-order chi connectivity index (χ0) is 21.4. The molecule has 0 fully saturated rings. The summed E-state index contributed by atoms with van der Waals surface area (Å²) < 4.78 is 29.6. The van der Waals surface area contributed by atoms with Crippen LogP contribution in [0, 0.1) is 11.7 Å². The first-order valence-corrected chi connectivity index (χ1v) is 9.40. The summed E-state index contributed by atoms with van der Waals surface area (Å²) in [6, 6.07) is 8.35. The molecule has 8 heteroatoms. The zero-order valence-electron chi connectivity index (χ0n) is 16.5. The van der Waals surface area contributed by atoms with Crippen molar-refractivity contribution in [1.82, 2.24) is 0 Å². The number of nitrogens with one attached hydrogen (secondary N) is 1. The first-order chi connectivity index (χ1) is 13.8. The quantitative estimate of drug-likeness (QED) is 0.591. The molecule has 0 saturated heterocycles. The summed E-state index contributed by atoms with van der Waals surface area (Å²) in [5.74, 6) is -0.667. The molecule has 2 rings (SSSR count). The van der Waals surface area contributed by atoms with Gasteiger partial charge in [0.15, 0.2) is 18.1 Å². The molecule has 2 aromatic rings. The number of carbonyl (C=O) groups is 2. The Morgan fingerprint density at radius 2 is 1.90 bits per heavy atom. The minimum absolute atomic E-state index is 0.0943. The Bertz CT molecular complexity index is 872. The van der Waals surface area contributed by atoms with Crippen LogP contribution in [0.4, 0.5) is 10.1 Å². The van der Waals surface area contributed by atoms with Gasteiger partial charge in [0.2, 0.25) is 0 Å². The van der Waals surface area contributed by atoms with Crippen molar-refractivity contribution in [1.29, 1.82) is 0 Å². The Balaban J connectivity index is 1.94. The smallest absolute Gasteiger partial charge is 0.338 e. The normalized spacial score (nSPS) is 10.6. The van der Waals surface area contributed by atoms with E-state index in [1.807, 2.05) is 0 Å². The van der Waals surface area contributed by atoms with Gasteiger partial charge in [0.05, 0.1) is 25.0 Å². The molecule has 0 aliphatic rings. The molecule has 156 valence electrons. The summed E-state index contributed by atoms with van der Waals surface area (Å²) in [6.45, 7) is 4.13. The van der Waals surface area contributed by atoms with Crippen molar-refractivity contribution in [3.05, 3.63) is 52.8 Å². The molecule has 0 heterocycles. The third-order valence-electron chi connectivity index (χ3n) is 3.89. The fraction of sp³-hybridized carbons (Fsp3) is 0.333. The predicted octanol–water partition coefficient (Wildman–Crippen LogP) is 4.71. The van der Waals surface area contributed by atoms with Crippen LogP contribution in [-0.4, -0.2) is 32.2 Å². The van der Waals surface area contributed by atoms with Gasteiger partial charge < -0.3 is 19.5 Å². The summed E-state index contributed by atoms with van der Waals surface area (Å²) in [5, 5.41) is 2.57. The second-order valence-electron chi connectivity index (χ2n) is 6.65.